The summed E-state index contributed by atoms with van der Waals surface area (Å²) < 4.78 is 43.4. The lowest BCUT2D eigenvalue weighted by Crippen LogP contribution is -2.44. The predicted molar refractivity (Wildman–Crippen MR) is 90.9 cm³/mol. The summed E-state index contributed by atoms with van der Waals surface area (Å²) in [5, 5.41) is 2.73. The average Bonchev–Trinajstić information content (AvgIpc) is 3.32. The molecule has 0 atom stereocenters. The van der Waals surface area contributed by atoms with Crippen LogP contribution in [-0.2, 0) is 16.1 Å². The van der Waals surface area contributed by atoms with Gasteiger partial charge < -0.3 is 14.6 Å². The topological polar surface area (TPSA) is 82.9 Å². The fraction of sp³-hybridized carbons (Fsp3) is 0.611. The number of carbonyl (C=O) groups is 3. The van der Waals surface area contributed by atoms with Gasteiger partial charge in [-0.05, 0) is 31.4 Å². The maximum Gasteiger partial charge on any atom is 0.406 e. The van der Waals surface area contributed by atoms with Crippen LogP contribution in [0.3, 0.4) is 0 Å². The minimum absolute atomic E-state index is 0.00122. The third kappa shape index (κ3) is 4.48. The summed E-state index contributed by atoms with van der Waals surface area (Å²) in [7, 11) is 0. The van der Waals surface area contributed by atoms with Gasteiger partial charge in [0.1, 0.15) is 17.8 Å². The second-order valence-corrected chi connectivity index (χ2v) is 7.22. The Morgan fingerprint density at radius 2 is 2.00 bits per heavy atom. The van der Waals surface area contributed by atoms with Gasteiger partial charge in [0.15, 0.2) is 0 Å². The molecule has 28 heavy (non-hydrogen) atoms. The summed E-state index contributed by atoms with van der Waals surface area (Å²) in [6.45, 7) is -1.69. The first-order chi connectivity index (χ1) is 13.2. The molecule has 1 saturated heterocycles. The first-order valence-electron chi connectivity index (χ1n) is 9.21. The highest BCUT2D eigenvalue weighted by molar-refractivity contribution is 6.07. The maximum atomic E-state index is 12.8. The number of nitrogens with one attached hydrogen (secondary N) is 1. The first-order valence-corrected chi connectivity index (χ1v) is 9.21. The lowest BCUT2D eigenvalue weighted by atomic mass is 9.98. The Kier molecular flexibility index (Phi) is 5.66. The second kappa shape index (κ2) is 7.84. The van der Waals surface area contributed by atoms with Crippen LogP contribution in [0.4, 0.5) is 18.0 Å². The van der Waals surface area contributed by atoms with Crippen molar-refractivity contribution < 1.29 is 32.0 Å². The molecule has 2 heterocycles. The molecule has 0 radical (unpaired) electrons. The van der Waals surface area contributed by atoms with Crippen LogP contribution in [0, 0.1) is 0 Å². The molecule has 1 aromatic rings. The van der Waals surface area contributed by atoms with Crippen LogP contribution in [0.15, 0.2) is 22.8 Å². The van der Waals surface area contributed by atoms with Crippen molar-refractivity contribution in [2.45, 2.75) is 56.8 Å². The molecule has 2 fully saturated rings. The van der Waals surface area contributed by atoms with E-state index in [1.165, 1.54) is 18.4 Å². The van der Waals surface area contributed by atoms with Gasteiger partial charge in [0.05, 0.1) is 12.8 Å². The van der Waals surface area contributed by atoms with E-state index in [2.05, 4.69) is 5.32 Å². The van der Waals surface area contributed by atoms with Crippen molar-refractivity contribution in [3.05, 3.63) is 24.2 Å². The number of nitrogens with zero attached hydrogens (tertiary/aromatic N) is 2. The summed E-state index contributed by atoms with van der Waals surface area (Å²) in [4.78, 5) is 38.7. The molecule has 0 bridgehead atoms. The first kappa shape index (κ1) is 20.2. The molecule has 2 aliphatic rings. The summed E-state index contributed by atoms with van der Waals surface area (Å²) in [6, 6.07) is 2.52. The Bertz CT molecular complexity index is 727. The Morgan fingerprint density at radius 1 is 1.29 bits per heavy atom. The molecule has 1 N–H and O–H groups in total. The lowest BCUT2D eigenvalue weighted by Gasteiger charge is -2.23. The van der Waals surface area contributed by atoms with Gasteiger partial charge in [0.2, 0.25) is 5.91 Å². The van der Waals surface area contributed by atoms with Crippen LogP contribution in [0.5, 0.6) is 0 Å². The number of imide groups is 1. The number of alkyl halides is 3. The molecule has 7 nitrogen and oxygen atoms in total. The highest BCUT2D eigenvalue weighted by Gasteiger charge is 2.52. The van der Waals surface area contributed by atoms with E-state index in [9.17, 15) is 27.6 Å². The maximum absolute atomic E-state index is 12.8. The van der Waals surface area contributed by atoms with E-state index in [4.69, 9.17) is 4.42 Å². The Hall–Kier alpha value is -2.52. The van der Waals surface area contributed by atoms with E-state index in [0.29, 0.717) is 17.7 Å². The Labute approximate surface area is 159 Å². The van der Waals surface area contributed by atoms with E-state index >= 15 is 0 Å². The van der Waals surface area contributed by atoms with E-state index in [1.807, 2.05) is 0 Å². The van der Waals surface area contributed by atoms with Crippen LogP contribution in [0.25, 0.3) is 0 Å². The summed E-state index contributed by atoms with van der Waals surface area (Å²) in [5.74, 6) is -0.767. The Morgan fingerprint density at radius 3 is 2.61 bits per heavy atom. The smallest absolute Gasteiger partial charge is 0.406 e. The van der Waals surface area contributed by atoms with Crippen LogP contribution in [0.2, 0.25) is 0 Å². The number of hydrogen-bond acceptors (Lipinski definition) is 4. The zero-order valence-electron chi connectivity index (χ0n) is 15.3. The lowest BCUT2D eigenvalue weighted by molar-refractivity contribution is -0.163. The van der Waals surface area contributed by atoms with Crippen LogP contribution in [-0.4, -0.2) is 52.5 Å². The molecular weight excluding hydrogens is 379 g/mol. The fourth-order valence-electron chi connectivity index (χ4n) is 3.78. The van der Waals surface area contributed by atoms with Crippen molar-refractivity contribution >= 4 is 17.8 Å². The largest absolute Gasteiger partial charge is 0.467 e. The van der Waals surface area contributed by atoms with Crippen LogP contribution in [0.1, 0.15) is 44.3 Å². The Balaban J connectivity index is 1.55. The number of carbonyl (C=O) groups excluding carboxylic acids is 3. The number of amides is 4. The number of rotatable bonds is 7. The quantitative estimate of drug-likeness (QED) is 0.713. The number of furan rings is 1. The van der Waals surface area contributed by atoms with Gasteiger partial charge in [0, 0.05) is 13.0 Å². The number of hydrogen-bond donors (Lipinski definition) is 1. The van der Waals surface area contributed by atoms with Crippen molar-refractivity contribution in [3.8, 4) is 0 Å². The zero-order valence-corrected chi connectivity index (χ0v) is 15.3. The van der Waals surface area contributed by atoms with Crippen molar-refractivity contribution in [2.75, 3.05) is 13.1 Å². The van der Waals surface area contributed by atoms with E-state index in [1.54, 1.807) is 0 Å². The summed E-state index contributed by atoms with van der Waals surface area (Å²) in [6.07, 6.45) is -0.425. The summed E-state index contributed by atoms with van der Waals surface area (Å²) in [5.41, 5.74) is -0.831. The van der Waals surface area contributed by atoms with E-state index in [0.717, 1.165) is 17.7 Å². The molecule has 1 aliphatic carbocycles. The van der Waals surface area contributed by atoms with Gasteiger partial charge in [-0.1, -0.05) is 12.8 Å². The van der Waals surface area contributed by atoms with Gasteiger partial charge in [0.25, 0.3) is 5.91 Å². The van der Waals surface area contributed by atoms with E-state index in [-0.39, 0.29) is 37.6 Å². The molecule has 1 aliphatic heterocycles. The van der Waals surface area contributed by atoms with Crippen LogP contribution >= 0.6 is 0 Å². The van der Waals surface area contributed by atoms with Gasteiger partial charge in [-0.2, -0.15) is 13.2 Å². The minimum Gasteiger partial charge on any atom is -0.467 e. The second-order valence-electron chi connectivity index (χ2n) is 7.22. The molecular formula is C18H22F3N3O4. The molecule has 154 valence electrons. The highest BCUT2D eigenvalue weighted by Crippen LogP contribution is 2.35. The highest BCUT2D eigenvalue weighted by atomic mass is 19.4. The SMILES string of the molecule is O=C(CCCN1C(=O)NC2(CCCC2)C1=O)N(Cc1ccco1)CC(F)(F)F. The van der Waals surface area contributed by atoms with Gasteiger partial charge in [-0.3, -0.25) is 14.5 Å². The third-order valence-corrected chi connectivity index (χ3v) is 5.13. The van der Waals surface area contributed by atoms with Gasteiger partial charge in [-0.25, -0.2) is 4.79 Å². The van der Waals surface area contributed by atoms with Crippen LogP contribution < -0.4 is 5.32 Å². The van der Waals surface area contributed by atoms with Gasteiger partial charge in [-0.15, -0.1) is 0 Å². The summed E-state index contributed by atoms with van der Waals surface area (Å²) >= 11 is 0. The third-order valence-electron chi connectivity index (χ3n) is 5.13. The standard InChI is InChI=1S/C18H22F3N3O4/c19-18(20,21)12-23(11-13-5-4-10-28-13)14(25)6-3-9-24-15(26)17(22-16(24)27)7-1-2-8-17/h4-5,10H,1-3,6-9,11-12H2,(H,22,27). The molecule has 4 amide bonds. The minimum atomic E-state index is -4.54. The molecule has 10 heteroatoms. The number of urea groups is 1. The molecule has 1 spiro atoms. The fourth-order valence-corrected chi connectivity index (χ4v) is 3.78. The molecule has 1 saturated carbocycles. The molecule has 0 aromatic carbocycles. The number of halogens is 3. The van der Waals surface area contributed by atoms with Gasteiger partial charge >= 0.3 is 12.2 Å². The van der Waals surface area contributed by atoms with Crippen molar-refractivity contribution in [3.63, 3.8) is 0 Å². The average molecular weight is 401 g/mol. The van der Waals surface area contributed by atoms with Crippen molar-refractivity contribution in [1.82, 2.24) is 15.1 Å². The normalized spacial score (nSPS) is 18.8. The predicted octanol–water partition coefficient (Wildman–Crippen LogP) is 2.82. The molecule has 3 rings (SSSR count). The molecule has 0 unspecified atom stereocenters. The molecule has 1 aromatic heterocycles. The van der Waals surface area contributed by atoms with Crippen molar-refractivity contribution in [1.29, 1.82) is 0 Å². The monoisotopic (exact) mass is 401 g/mol. The zero-order chi connectivity index (χ0) is 20.4. The van der Waals surface area contributed by atoms with Crippen molar-refractivity contribution in [2.24, 2.45) is 0 Å². The van der Waals surface area contributed by atoms with E-state index < -0.39 is 30.2 Å².